The lowest BCUT2D eigenvalue weighted by Crippen LogP contribution is -2.08. The number of hydrogen-bond acceptors (Lipinski definition) is 5. The van der Waals surface area contributed by atoms with Gasteiger partial charge in [0.2, 0.25) is 5.91 Å². The molecule has 0 radical (unpaired) electrons. The molecule has 0 spiro atoms. The number of nitrogens with zero attached hydrogens (tertiary/aromatic N) is 1. The Morgan fingerprint density at radius 1 is 1.12 bits per heavy atom. The molecule has 0 atom stereocenters. The number of halogens is 3. The van der Waals surface area contributed by atoms with Crippen LogP contribution in [0.25, 0.3) is 6.08 Å². The number of non-ortho nitro benzene ring substituents is 1. The molecule has 0 bridgehead atoms. The molecule has 1 N–H and O–H groups in total. The van der Waals surface area contributed by atoms with Crippen LogP contribution in [0.2, 0.25) is 10.0 Å². The normalized spacial score (nSPS) is 10.8. The van der Waals surface area contributed by atoms with Crippen molar-refractivity contribution < 1.29 is 19.2 Å². The average molecular weight is 552 g/mol. The van der Waals surface area contributed by atoms with Crippen LogP contribution in [0, 0.1) is 10.1 Å². The molecule has 0 heterocycles. The number of nitro groups is 1. The van der Waals surface area contributed by atoms with Gasteiger partial charge in [-0.3, -0.25) is 14.9 Å². The van der Waals surface area contributed by atoms with Gasteiger partial charge in [0.05, 0.1) is 17.7 Å². The van der Waals surface area contributed by atoms with E-state index in [0.717, 1.165) is 0 Å². The highest BCUT2D eigenvalue weighted by atomic mass is 79.9. The summed E-state index contributed by atoms with van der Waals surface area (Å²) in [7, 11) is 1.51. The second kappa shape index (κ2) is 11.2. The number of carbonyl (C=O) groups is 1. The van der Waals surface area contributed by atoms with E-state index >= 15 is 0 Å². The summed E-state index contributed by atoms with van der Waals surface area (Å²) in [5, 5.41) is 14.5. The van der Waals surface area contributed by atoms with Crippen molar-refractivity contribution in [2.45, 2.75) is 6.61 Å². The second-order valence-electron chi connectivity index (χ2n) is 6.64. The lowest BCUT2D eigenvalue weighted by atomic mass is 10.2. The Labute approximate surface area is 208 Å². The molecular formula is C23H17BrCl2N2O5. The van der Waals surface area contributed by atoms with E-state index in [0.29, 0.717) is 42.8 Å². The topological polar surface area (TPSA) is 90.7 Å². The van der Waals surface area contributed by atoms with E-state index in [1.165, 1.54) is 31.4 Å². The molecule has 3 rings (SSSR count). The number of methoxy groups -OCH3 is 1. The highest BCUT2D eigenvalue weighted by molar-refractivity contribution is 9.10. The van der Waals surface area contributed by atoms with E-state index in [4.69, 9.17) is 32.7 Å². The third kappa shape index (κ3) is 6.47. The van der Waals surface area contributed by atoms with Crippen LogP contribution in [0.5, 0.6) is 11.5 Å². The highest BCUT2D eigenvalue weighted by Crippen LogP contribution is 2.32. The zero-order valence-electron chi connectivity index (χ0n) is 17.2. The number of nitro benzene ring substituents is 1. The van der Waals surface area contributed by atoms with Gasteiger partial charge >= 0.3 is 0 Å². The van der Waals surface area contributed by atoms with Crippen molar-refractivity contribution in [3.8, 4) is 11.5 Å². The van der Waals surface area contributed by atoms with E-state index in [1.54, 1.807) is 42.5 Å². The molecule has 1 amide bonds. The molecule has 0 aliphatic heterocycles. The molecule has 0 fully saturated rings. The number of carbonyl (C=O) groups excluding carboxylic acids is 1. The first kappa shape index (κ1) is 24.6. The summed E-state index contributed by atoms with van der Waals surface area (Å²) < 4.78 is 11.6. The number of hydrogen-bond donors (Lipinski definition) is 1. The zero-order valence-corrected chi connectivity index (χ0v) is 20.3. The van der Waals surface area contributed by atoms with Crippen LogP contribution in [-0.4, -0.2) is 17.9 Å². The maximum Gasteiger partial charge on any atom is 0.270 e. The van der Waals surface area contributed by atoms with Crippen molar-refractivity contribution in [1.29, 1.82) is 0 Å². The van der Waals surface area contributed by atoms with Crippen LogP contribution >= 0.6 is 39.1 Å². The molecule has 33 heavy (non-hydrogen) atoms. The van der Waals surface area contributed by atoms with Crippen LogP contribution in [0.4, 0.5) is 11.4 Å². The van der Waals surface area contributed by atoms with Gasteiger partial charge in [-0.2, -0.15) is 0 Å². The molecular weight excluding hydrogens is 535 g/mol. The standard InChI is InChI=1S/C23H17BrCl2N2O5/c1-32-22-11-14(5-9-21(22)33-13-16-18(25)3-2-4-19(16)26)6-10-23(29)27-20-8-7-15(28(30)31)12-17(20)24/h2-12H,13H2,1H3,(H,27,29)/b10-6+. The van der Waals surface area contributed by atoms with Gasteiger partial charge < -0.3 is 14.8 Å². The molecule has 3 aromatic rings. The molecule has 0 saturated heterocycles. The van der Waals surface area contributed by atoms with Gasteiger partial charge in [-0.25, -0.2) is 0 Å². The number of rotatable bonds is 8. The SMILES string of the molecule is COc1cc(/C=C/C(=O)Nc2ccc([N+](=O)[O-])cc2Br)ccc1OCc1c(Cl)cccc1Cl. The Morgan fingerprint density at radius 2 is 1.85 bits per heavy atom. The largest absolute Gasteiger partial charge is 0.493 e. The first-order chi connectivity index (χ1) is 15.8. The van der Waals surface area contributed by atoms with Crippen molar-refractivity contribution in [1.82, 2.24) is 0 Å². The molecule has 0 aromatic heterocycles. The van der Waals surface area contributed by atoms with Crippen molar-refractivity contribution in [3.63, 3.8) is 0 Å². The van der Waals surface area contributed by atoms with Crippen molar-refractivity contribution in [2.75, 3.05) is 12.4 Å². The summed E-state index contributed by atoms with van der Waals surface area (Å²) in [6, 6.07) is 14.5. The summed E-state index contributed by atoms with van der Waals surface area (Å²) in [4.78, 5) is 22.6. The third-order valence-electron chi connectivity index (χ3n) is 4.47. The Bertz CT molecular complexity index is 1210. The summed E-state index contributed by atoms with van der Waals surface area (Å²) in [5.41, 5.74) is 1.70. The number of benzene rings is 3. The molecule has 0 aliphatic carbocycles. The minimum absolute atomic E-state index is 0.0818. The van der Waals surface area contributed by atoms with Crippen LogP contribution in [0.3, 0.4) is 0 Å². The molecule has 0 unspecified atom stereocenters. The molecule has 7 nitrogen and oxygen atoms in total. The predicted molar refractivity (Wildman–Crippen MR) is 132 cm³/mol. The van der Waals surface area contributed by atoms with Gasteiger partial charge in [0.1, 0.15) is 6.61 Å². The average Bonchev–Trinajstić information content (AvgIpc) is 2.79. The number of amides is 1. The predicted octanol–water partition coefficient (Wildman–Crippen LogP) is 6.90. The molecule has 10 heteroatoms. The van der Waals surface area contributed by atoms with Crippen LogP contribution in [-0.2, 0) is 11.4 Å². The minimum Gasteiger partial charge on any atom is -0.493 e. The van der Waals surface area contributed by atoms with Gasteiger partial charge in [-0.05, 0) is 57.9 Å². The maximum atomic E-state index is 12.3. The summed E-state index contributed by atoms with van der Waals surface area (Å²) >= 11 is 15.6. The van der Waals surface area contributed by atoms with E-state index in [9.17, 15) is 14.9 Å². The fourth-order valence-electron chi connectivity index (χ4n) is 2.79. The second-order valence-corrected chi connectivity index (χ2v) is 8.31. The van der Waals surface area contributed by atoms with Crippen molar-refractivity contribution >= 4 is 62.5 Å². The number of nitrogens with one attached hydrogen (secondary N) is 1. The summed E-state index contributed by atoms with van der Waals surface area (Å²) in [5.74, 6) is 0.556. The highest BCUT2D eigenvalue weighted by Gasteiger charge is 2.11. The number of ether oxygens (including phenoxy) is 2. The maximum absolute atomic E-state index is 12.3. The Balaban J connectivity index is 1.67. The Morgan fingerprint density at radius 3 is 2.48 bits per heavy atom. The first-order valence-electron chi connectivity index (χ1n) is 9.45. The Kier molecular flexibility index (Phi) is 8.32. The van der Waals surface area contributed by atoms with Gasteiger partial charge in [0, 0.05) is 38.3 Å². The molecule has 0 aliphatic rings. The first-order valence-corrected chi connectivity index (χ1v) is 11.0. The van der Waals surface area contributed by atoms with E-state index in [2.05, 4.69) is 21.2 Å². The lowest BCUT2D eigenvalue weighted by Gasteiger charge is -2.13. The molecule has 0 saturated carbocycles. The van der Waals surface area contributed by atoms with Gasteiger partial charge in [-0.1, -0.05) is 35.3 Å². The fraction of sp³-hybridized carbons (Fsp3) is 0.0870. The number of anilines is 1. The van der Waals surface area contributed by atoms with Crippen molar-refractivity contribution in [2.24, 2.45) is 0 Å². The third-order valence-corrected chi connectivity index (χ3v) is 5.83. The van der Waals surface area contributed by atoms with Gasteiger partial charge in [0.25, 0.3) is 5.69 Å². The lowest BCUT2D eigenvalue weighted by molar-refractivity contribution is -0.384. The van der Waals surface area contributed by atoms with Crippen LogP contribution < -0.4 is 14.8 Å². The van der Waals surface area contributed by atoms with Crippen LogP contribution in [0.15, 0.2) is 65.1 Å². The summed E-state index contributed by atoms with van der Waals surface area (Å²) in [6.45, 7) is 0.163. The van der Waals surface area contributed by atoms with E-state index in [-0.39, 0.29) is 12.3 Å². The van der Waals surface area contributed by atoms with Crippen molar-refractivity contribution in [3.05, 3.63) is 96.4 Å². The minimum atomic E-state index is -0.514. The smallest absolute Gasteiger partial charge is 0.270 e. The van der Waals surface area contributed by atoms with E-state index in [1.807, 2.05) is 0 Å². The summed E-state index contributed by atoms with van der Waals surface area (Å²) in [6.07, 6.45) is 2.94. The van der Waals surface area contributed by atoms with Gasteiger partial charge in [-0.15, -0.1) is 0 Å². The molecule has 3 aromatic carbocycles. The van der Waals surface area contributed by atoms with Gasteiger partial charge in [0.15, 0.2) is 11.5 Å². The molecule has 170 valence electrons. The van der Waals surface area contributed by atoms with E-state index < -0.39 is 10.8 Å². The van der Waals surface area contributed by atoms with Crippen LogP contribution in [0.1, 0.15) is 11.1 Å². The fourth-order valence-corrected chi connectivity index (χ4v) is 3.76. The monoisotopic (exact) mass is 550 g/mol. The quantitative estimate of drug-likeness (QED) is 0.187. The Hall–Kier alpha value is -3.07. The zero-order chi connectivity index (χ0) is 24.0.